The SMILES string of the molecule is Cc1csc(C(=O)N2CCC(S(=O)(=O)CC(C)C)CC2)c1. The summed E-state index contributed by atoms with van der Waals surface area (Å²) in [7, 11) is -3.03. The maximum absolute atomic E-state index is 12.3. The van der Waals surface area contributed by atoms with Crippen LogP contribution in [-0.4, -0.2) is 43.3 Å². The molecule has 0 atom stereocenters. The molecule has 0 radical (unpaired) electrons. The molecule has 0 N–H and O–H groups in total. The van der Waals surface area contributed by atoms with Gasteiger partial charge in [-0.15, -0.1) is 11.3 Å². The Morgan fingerprint density at radius 1 is 1.38 bits per heavy atom. The van der Waals surface area contributed by atoms with Gasteiger partial charge in [0.2, 0.25) is 0 Å². The molecule has 21 heavy (non-hydrogen) atoms. The second-order valence-corrected chi connectivity index (χ2v) is 9.44. The molecule has 1 amide bonds. The third-order valence-electron chi connectivity index (χ3n) is 3.74. The van der Waals surface area contributed by atoms with Crippen molar-refractivity contribution in [2.75, 3.05) is 18.8 Å². The Morgan fingerprint density at radius 3 is 2.48 bits per heavy atom. The molecule has 6 heteroatoms. The van der Waals surface area contributed by atoms with E-state index in [0.29, 0.717) is 25.9 Å². The number of sulfone groups is 1. The lowest BCUT2D eigenvalue weighted by atomic mass is 10.1. The minimum Gasteiger partial charge on any atom is -0.338 e. The highest BCUT2D eigenvalue weighted by atomic mass is 32.2. The zero-order valence-corrected chi connectivity index (χ0v) is 14.5. The average Bonchev–Trinajstić information content (AvgIpc) is 2.83. The zero-order chi connectivity index (χ0) is 15.6. The summed E-state index contributed by atoms with van der Waals surface area (Å²) in [5.41, 5.74) is 1.10. The van der Waals surface area contributed by atoms with E-state index in [2.05, 4.69) is 0 Å². The lowest BCUT2D eigenvalue weighted by molar-refractivity contribution is 0.0730. The van der Waals surface area contributed by atoms with Crippen molar-refractivity contribution in [3.63, 3.8) is 0 Å². The molecule has 4 nitrogen and oxygen atoms in total. The minimum absolute atomic E-state index is 0.0350. The Labute approximate surface area is 131 Å². The fraction of sp³-hybridized carbons (Fsp3) is 0.667. The van der Waals surface area contributed by atoms with Crippen LogP contribution in [0.25, 0.3) is 0 Å². The van der Waals surface area contributed by atoms with Gasteiger partial charge in [0.25, 0.3) is 5.91 Å². The smallest absolute Gasteiger partial charge is 0.263 e. The number of amides is 1. The van der Waals surface area contributed by atoms with Gasteiger partial charge < -0.3 is 4.90 Å². The third kappa shape index (κ3) is 4.07. The van der Waals surface area contributed by atoms with E-state index < -0.39 is 9.84 Å². The molecule has 0 saturated carbocycles. The number of rotatable bonds is 4. The molecule has 0 aliphatic carbocycles. The van der Waals surface area contributed by atoms with Gasteiger partial charge >= 0.3 is 0 Å². The molecule has 2 rings (SSSR count). The molecule has 0 spiro atoms. The van der Waals surface area contributed by atoms with Crippen molar-refractivity contribution in [2.45, 2.75) is 38.9 Å². The summed E-state index contributed by atoms with van der Waals surface area (Å²) >= 11 is 1.46. The summed E-state index contributed by atoms with van der Waals surface area (Å²) in [5.74, 6) is 0.437. The lowest BCUT2D eigenvalue weighted by Gasteiger charge is -2.31. The van der Waals surface area contributed by atoms with Crippen LogP contribution in [0.1, 0.15) is 41.9 Å². The van der Waals surface area contributed by atoms with Gasteiger partial charge in [0, 0.05) is 13.1 Å². The standard InChI is InChI=1S/C15H23NO3S2/c1-11(2)10-21(18,19)13-4-6-16(7-5-13)15(17)14-8-12(3)9-20-14/h8-9,11,13H,4-7,10H2,1-3H3. The Balaban J connectivity index is 1.96. The van der Waals surface area contributed by atoms with Gasteiger partial charge in [-0.05, 0) is 42.7 Å². The van der Waals surface area contributed by atoms with Gasteiger partial charge in [-0.1, -0.05) is 13.8 Å². The van der Waals surface area contributed by atoms with Crippen LogP contribution in [0.3, 0.4) is 0 Å². The first kappa shape index (κ1) is 16.5. The highest BCUT2D eigenvalue weighted by molar-refractivity contribution is 7.92. The van der Waals surface area contributed by atoms with Crippen LogP contribution in [0, 0.1) is 12.8 Å². The zero-order valence-electron chi connectivity index (χ0n) is 12.8. The predicted octanol–water partition coefficient (Wildman–Crippen LogP) is 2.73. The monoisotopic (exact) mass is 329 g/mol. The van der Waals surface area contributed by atoms with Gasteiger partial charge in [0.15, 0.2) is 9.84 Å². The van der Waals surface area contributed by atoms with E-state index in [0.717, 1.165) is 10.4 Å². The summed E-state index contributed by atoms with van der Waals surface area (Å²) in [6.45, 7) is 6.90. The molecule has 1 fully saturated rings. The lowest BCUT2D eigenvalue weighted by Crippen LogP contribution is -2.43. The van der Waals surface area contributed by atoms with Gasteiger partial charge in [0.05, 0.1) is 15.9 Å². The summed E-state index contributed by atoms with van der Waals surface area (Å²) in [6, 6.07) is 1.90. The molecule has 1 saturated heterocycles. The van der Waals surface area contributed by atoms with E-state index in [1.807, 2.05) is 32.2 Å². The minimum atomic E-state index is -3.03. The Kier molecular flexibility index (Phi) is 5.09. The van der Waals surface area contributed by atoms with Crippen LogP contribution in [0.5, 0.6) is 0 Å². The van der Waals surface area contributed by atoms with Crippen molar-refractivity contribution in [3.05, 3.63) is 21.9 Å². The van der Waals surface area contributed by atoms with Crippen LogP contribution < -0.4 is 0 Å². The van der Waals surface area contributed by atoms with E-state index in [1.165, 1.54) is 11.3 Å². The van der Waals surface area contributed by atoms with Crippen molar-refractivity contribution < 1.29 is 13.2 Å². The highest BCUT2D eigenvalue weighted by Crippen LogP contribution is 2.23. The largest absolute Gasteiger partial charge is 0.338 e. The van der Waals surface area contributed by atoms with Gasteiger partial charge in [-0.3, -0.25) is 4.79 Å². The fourth-order valence-corrected chi connectivity index (χ4v) is 5.71. The Morgan fingerprint density at radius 2 is 2.00 bits per heavy atom. The molecule has 1 aliphatic heterocycles. The molecule has 0 aromatic carbocycles. The number of piperidine rings is 1. The summed E-state index contributed by atoms with van der Waals surface area (Å²) < 4.78 is 24.5. The molecule has 1 aliphatic rings. The number of likely N-dealkylation sites (tertiary alicyclic amines) is 1. The maximum Gasteiger partial charge on any atom is 0.263 e. The number of carbonyl (C=O) groups is 1. The highest BCUT2D eigenvalue weighted by Gasteiger charge is 2.32. The van der Waals surface area contributed by atoms with Crippen LogP contribution >= 0.6 is 11.3 Å². The second kappa shape index (κ2) is 6.48. The third-order valence-corrected chi connectivity index (χ3v) is 7.40. The molecule has 0 unspecified atom stereocenters. The van der Waals surface area contributed by atoms with Crippen molar-refractivity contribution in [2.24, 2.45) is 5.92 Å². The summed E-state index contributed by atoms with van der Waals surface area (Å²) in [5, 5.41) is 1.68. The van der Waals surface area contributed by atoms with E-state index in [1.54, 1.807) is 4.90 Å². The Bertz CT molecular complexity index is 596. The molecule has 0 bridgehead atoms. The van der Waals surface area contributed by atoms with Gasteiger partial charge in [-0.2, -0.15) is 0 Å². The predicted molar refractivity (Wildman–Crippen MR) is 86.6 cm³/mol. The van der Waals surface area contributed by atoms with Crippen molar-refractivity contribution in [3.8, 4) is 0 Å². The molecule has 1 aromatic heterocycles. The van der Waals surface area contributed by atoms with Crippen molar-refractivity contribution in [1.82, 2.24) is 4.90 Å². The van der Waals surface area contributed by atoms with E-state index in [9.17, 15) is 13.2 Å². The van der Waals surface area contributed by atoms with E-state index >= 15 is 0 Å². The first-order valence-electron chi connectivity index (χ1n) is 7.35. The second-order valence-electron chi connectivity index (χ2n) is 6.20. The van der Waals surface area contributed by atoms with Crippen LogP contribution in [-0.2, 0) is 9.84 Å². The molecular weight excluding hydrogens is 306 g/mol. The van der Waals surface area contributed by atoms with Crippen molar-refractivity contribution in [1.29, 1.82) is 0 Å². The molecule has 118 valence electrons. The van der Waals surface area contributed by atoms with Gasteiger partial charge in [-0.25, -0.2) is 8.42 Å². The summed E-state index contributed by atoms with van der Waals surface area (Å²) in [4.78, 5) is 14.9. The van der Waals surface area contributed by atoms with E-state index in [-0.39, 0.29) is 22.8 Å². The first-order chi connectivity index (χ1) is 9.79. The fourth-order valence-electron chi connectivity index (χ4n) is 2.72. The van der Waals surface area contributed by atoms with Gasteiger partial charge in [0.1, 0.15) is 0 Å². The number of hydrogen-bond acceptors (Lipinski definition) is 4. The normalized spacial score (nSPS) is 17.4. The maximum atomic E-state index is 12.3. The van der Waals surface area contributed by atoms with Crippen LogP contribution in [0.15, 0.2) is 11.4 Å². The number of aryl methyl sites for hydroxylation is 1. The van der Waals surface area contributed by atoms with E-state index in [4.69, 9.17) is 0 Å². The summed E-state index contributed by atoms with van der Waals surface area (Å²) in [6.07, 6.45) is 1.12. The first-order valence-corrected chi connectivity index (χ1v) is 9.95. The number of thiophene rings is 1. The number of carbonyl (C=O) groups excluding carboxylic acids is 1. The number of nitrogens with zero attached hydrogens (tertiary/aromatic N) is 1. The average molecular weight is 329 g/mol. The molecule has 2 heterocycles. The van der Waals surface area contributed by atoms with Crippen LogP contribution in [0.4, 0.5) is 0 Å². The molecular formula is C15H23NO3S2. The Hall–Kier alpha value is -0.880. The van der Waals surface area contributed by atoms with Crippen molar-refractivity contribution >= 4 is 27.1 Å². The quantitative estimate of drug-likeness (QED) is 0.853. The number of hydrogen-bond donors (Lipinski definition) is 0. The molecule has 1 aromatic rings. The topological polar surface area (TPSA) is 54.5 Å². The van der Waals surface area contributed by atoms with Crippen LogP contribution in [0.2, 0.25) is 0 Å².